The zero-order chi connectivity index (χ0) is 10.3. The Morgan fingerprint density at radius 2 is 2.29 bits per heavy atom. The minimum atomic E-state index is -0.705. The molecule has 14 heavy (non-hydrogen) atoms. The summed E-state index contributed by atoms with van der Waals surface area (Å²) in [7, 11) is 0. The molecule has 1 aliphatic carbocycles. The van der Waals surface area contributed by atoms with Gasteiger partial charge in [0.2, 0.25) is 0 Å². The van der Waals surface area contributed by atoms with Crippen LogP contribution in [0.15, 0.2) is 24.5 Å². The molecule has 0 spiro atoms. The zero-order valence-corrected chi connectivity index (χ0v) is 8.27. The van der Waals surface area contributed by atoms with Crippen LogP contribution in [0.25, 0.3) is 0 Å². The van der Waals surface area contributed by atoms with E-state index in [1.165, 1.54) is 0 Å². The number of aromatic nitrogens is 1. The normalized spacial score (nSPS) is 28.4. The number of carboxylic acids is 1. The third-order valence-electron chi connectivity index (χ3n) is 3.14. The first-order valence-electron chi connectivity index (χ1n) is 4.68. The van der Waals surface area contributed by atoms with Crippen molar-refractivity contribution in [3.8, 4) is 0 Å². The van der Waals surface area contributed by atoms with Gasteiger partial charge < -0.3 is 5.11 Å². The monoisotopic (exact) mass is 191 g/mol. The van der Waals surface area contributed by atoms with Crippen LogP contribution in [0.1, 0.15) is 25.3 Å². The number of carbonyl (C=O) groups is 1. The molecular formula is C11H13NO2. The van der Waals surface area contributed by atoms with Crippen LogP contribution >= 0.6 is 0 Å². The molecule has 1 aromatic heterocycles. The fourth-order valence-electron chi connectivity index (χ4n) is 2.28. The van der Waals surface area contributed by atoms with E-state index in [2.05, 4.69) is 4.98 Å². The van der Waals surface area contributed by atoms with E-state index in [1.807, 2.05) is 26.0 Å². The number of aliphatic carboxylic acids is 1. The van der Waals surface area contributed by atoms with E-state index in [4.69, 9.17) is 5.11 Å². The van der Waals surface area contributed by atoms with Gasteiger partial charge in [0.25, 0.3) is 0 Å². The van der Waals surface area contributed by atoms with Gasteiger partial charge >= 0.3 is 5.97 Å². The molecule has 2 unspecified atom stereocenters. The molecule has 2 rings (SSSR count). The van der Waals surface area contributed by atoms with Gasteiger partial charge in [-0.25, -0.2) is 0 Å². The summed E-state index contributed by atoms with van der Waals surface area (Å²) in [6.45, 7) is 3.98. The number of carboxylic acid groups (broad SMARTS) is 1. The fraction of sp³-hybridized carbons (Fsp3) is 0.455. The summed E-state index contributed by atoms with van der Waals surface area (Å²) in [5.41, 5.74) is 0.902. The molecule has 0 aliphatic heterocycles. The Bertz CT molecular complexity index is 359. The highest BCUT2D eigenvalue weighted by Gasteiger charge is 2.62. The van der Waals surface area contributed by atoms with E-state index in [0.717, 1.165) is 5.56 Å². The van der Waals surface area contributed by atoms with Crippen LogP contribution in [0.3, 0.4) is 0 Å². The number of pyridine rings is 1. The minimum absolute atomic E-state index is 0.119. The molecule has 0 radical (unpaired) electrons. The first-order valence-corrected chi connectivity index (χ1v) is 4.68. The molecule has 1 N–H and O–H groups in total. The Hall–Kier alpha value is -1.38. The molecule has 1 aliphatic rings. The average molecular weight is 191 g/mol. The molecule has 1 aromatic rings. The van der Waals surface area contributed by atoms with Crippen LogP contribution in [0.5, 0.6) is 0 Å². The summed E-state index contributed by atoms with van der Waals surface area (Å²) in [5, 5.41) is 9.00. The predicted octanol–water partition coefficient (Wildman–Crippen LogP) is 1.91. The highest BCUT2D eigenvalue weighted by molar-refractivity contribution is 5.77. The first kappa shape index (κ1) is 9.19. The maximum atomic E-state index is 10.9. The van der Waals surface area contributed by atoms with Crippen molar-refractivity contribution < 1.29 is 9.90 Å². The minimum Gasteiger partial charge on any atom is -0.481 e. The SMILES string of the molecule is CC1(C)C(C(=O)O)C1c1cccnc1. The van der Waals surface area contributed by atoms with Crippen molar-refractivity contribution in [1.29, 1.82) is 0 Å². The number of nitrogens with zero attached hydrogens (tertiary/aromatic N) is 1. The van der Waals surface area contributed by atoms with Crippen molar-refractivity contribution in [2.45, 2.75) is 19.8 Å². The lowest BCUT2D eigenvalue weighted by Crippen LogP contribution is -2.03. The second kappa shape index (κ2) is 2.80. The third-order valence-corrected chi connectivity index (χ3v) is 3.14. The van der Waals surface area contributed by atoms with Gasteiger partial charge in [-0.05, 0) is 17.0 Å². The Morgan fingerprint density at radius 1 is 1.57 bits per heavy atom. The Labute approximate surface area is 82.8 Å². The zero-order valence-electron chi connectivity index (χ0n) is 8.27. The molecule has 0 amide bonds. The van der Waals surface area contributed by atoms with Crippen LogP contribution in [0.2, 0.25) is 0 Å². The second-order valence-corrected chi connectivity index (χ2v) is 4.40. The van der Waals surface area contributed by atoms with Crippen molar-refractivity contribution >= 4 is 5.97 Å². The summed E-state index contributed by atoms with van der Waals surface area (Å²) in [6.07, 6.45) is 3.46. The second-order valence-electron chi connectivity index (χ2n) is 4.40. The molecule has 74 valence electrons. The van der Waals surface area contributed by atoms with E-state index in [9.17, 15) is 4.79 Å². The quantitative estimate of drug-likeness (QED) is 0.776. The Kier molecular flexibility index (Phi) is 1.84. The molecule has 0 bridgehead atoms. The Balaban J connectivity index is 2.28. The van der Waals surface area contributed by atoms with E-state index in [-0.39, 0.29) is 17.3 Å². The van der Waals surface area contributed by atoms with Gasteiger partial charge in [0, 0.05) is 18.3 Å². The van der Waals surface area contributed by atoms with Gasteiger partial charge in [0.1, 0.15) is 0 Å². The molecule has 1 saturated carbocycles. The Morgan fingerprint density at radius 3 is 2.71 bits per heavy atom. The van der Waals surface area contributed by atoms with Crippen LogP contribution in [-0.4, -0.2) is 16.1 Å². The van der Waals surface area contributed by atoms with Crippen molar-refractivity contribution in [1.82, 2.24) is 4.98 Å². The molecule has 0 aromatic carbocycles. The average Bonchev–Trinajstić information content (AvgIpc) is 2.71. The van der Waals surface area contributed by atoms with Crippen LogP contribution in [0.4, 0.5) is 0 Å². The standard InChI is InChI=1S/C11H13NO2/c1-11(2)8(9(11)10(13)14)7-4-3-5-12-6-7/h3-6,8-9H,1-2H3,(H,13,14). The van der Waals surface area contributed by atoms with E-state index in [0.29, 0.717) is 0 Å². The molecule has 0 saturated heterocycles. The van der Waals surface area contributed by atoms with Crippen molar-refractivity contribution in [2.24, 2.45) is 11.3 Å². The van der Waals surface area contributed by atoms with Crippen molar-refractivity contribution in [3.05, 3.63) is 30.1 Å². The van der Waals surface area contributed by atoms with Gasteiger partial charge in [-0.1, -0.05) is 19.9 Å². The van der Waals surface area contributed by atoms with Crippen LogP contribution in [0, 0.1) is 11.3 Å². The lowest BCUT2D eigenvalue weighted by molar-refractivity contribution is -0.139. The molecular weight excluding hydrogens is 178 g/mol. The summed E-state index contributed by atoms with van der Waals surface area (Å²) >= 11 is 0. The summed E-state index contributed by atoms with van der Waals surface area (Å²) in [6, 6.07) is 3.80. The van der Waals surface area contributed by atoms with E-state index < -0.39 is 5.97 Å². The van der Waals surface area contributed by atoms with Gasteiger partial charge in [0.05, 0.1) is 5.92 Å². The lowest BCUT2D eigenvalue weighted by Gasteiger charge is -2.00. The molecule has 1 fully saturated rings. The predicted molar refractivity (Wildman–Crippen MR) is 51.9 cm³/mol. The lowest BCUT2D eigenvalue weighted by atomic mass is 10.1. The number of hydrogen-bond donors (Lipinski definition) is 1. The van der Waals surface area contributed by atoms with Crippen LogP contribution in [-0.2, 0) is 4.79 Å². The smallest absolute Gasteiger partial charge is 0.307 e. The molecule has 1 heterocycles. The summed E-state index contributed by atoms with van der Waals surface area (Å²) < 4.78 is 0. The van der Waals surface area contributed by atoms with Gasteiger partial charge in [-0.15, -0.1) is 0 Å². The highest BCUT2D eigenvalue weighted by Crippen LogP contribution is 2.64. The van der Waals surface area contributed by atoms with E-state index >= 15 is 0 Å². The molecule has 3 heteroatoms. The maximum Gasteiger partial charge on any atom is 0.307 e. The first-order chi connectivity index (χ1) is 6.55. The topological polar surface area (TPSA) is 50.2 Å². The summed E-state index contributed by atoms with van der Waals surface area (Å²) in [5.74, 6) is -0.843. The number of rotatable bonds is 2. The van der Waals surface area contributed by atoms with Crippen LogP contribution < -0.4 is 0 Å². The summed E-state index contributed by atoms with van der Waals surface area (Å²) in [4.78, 5) is 15.0. The van der Waals surface area contributed by atoms with Crippen molar-refractivity contribution in [3.63, 3.8) is 0 Å². The maximum absolute atomic E-state index is 10.9. The third kappa shape index (κ3) is 1.20. The van der Waals surface area contributed by atoms with Crippen molar-refractivity contribution in [2.75, 3.05) is 0 Å². The number of hydrogen-bond acceptors (Lipinski definition) is 2. The largest absolute Gasteiger partial charge is 0.481 e. The highest BCUT2D eigenvalue weighted by atomic mass is 16.4. The van der Waals surface area contributed by atoms with E-state index in [1.54, 1.807) is 12.4 Å². The molecule has 2 atom stereocenters. The van der Waals surface area contributed by atoms with Gasteiger partial charge in [-0.2, -0.15) is 0 Å². The van der Waals surface area contributed by atoms with Gasteiger partial charge in [-0.3, -0.25) is 9.78 Å². The molecule has 3 nitrogen and oxygen atoms in total. The fourth-order valence-corrected chi connectivity index (χ4v) is 2.28. The van der Waals surface area contributed by atoms with Gasteiger partial charge in [0.15, 0.2) is 0 Å².